The first-order chi connectivity index (χ1) is 10.9. The summed E-state index contributed by atoms with van der Waals surface area (Å²) in [5.41, 5.74) is 3.04. The van der Waals surface area contributed by atoms with E-state index in [9.17, 15) is 0 Å². The molecule has 3 nitrogen and oxygen atoms in total. The largest absolute Gasteiger partial charge is 0.381 e. The smallest absolute Gasteiger partial charge is 0.0480 e. The fourth-order valence-electron chi connectivity index (χ4n) is 4.22. The van der Waals surface area contributed by atoms with E-state index in [1.807, 2.05) is 6.20 Å². The van der Waals surface area contributed by atoms with E-state index < -0.39 is 0 Å². The van der Waals surface area contributed by atoms with Crippen LogP contribution in [0.5, 0.6) is 0 Å². The van der Waals surface area contributed by atoms with Crippen LogP contribution in [0.3, 0.4) is 0 Å². The summed E-state index contributed by atoms with van der Waals surface area (Å²) in [4.78, 5) is 7.08. The van der Waals surface area contributed by atoms with E-state index in [4.69, 9.17) is 4.74 Å². The van der Waals surface area contributed by atoms with Gasteiger partial charge in [-0.2, -0.15) is 0 Å². The summed E-state index contributed by atoms with van der Waals surface area (Å²) in [5, 5.41) is 1.49. The molecule has 2 unspecified atom stereocenters. The van der Waals surface area contributed by atoms with Gasteiger partial charge in [-0.3, -0.25) is 9.88 Å². The van der Waals surface area contributed by atoms with Crippen molar-refractivity contribution >= 4 is 11.8 Å². The highest BCUT2D eigenvalue weighted by Gasteiger charge is 2.32. The maximum Gasteiger partial charge on any atom is 0.0480 e. The lowest BCUT2D eigenvalue weighted by Crippen LogP contribution is -2.34. The summed E-state index contributed by atoms with van der Waals surface area (Å²) >= 11 is 2.22. The molecule has 22 heavy (non-hydrogen) atoms. The quantitative estimate of drug-likeness (QED) is 0.852. The van der Waals surface area contributed by atoms with Gasteiger partial charge in [0, 0.05) is 48.7 Å². The molecule has 1 aliphatic carbocycles. The second-order valence-electron chi connectivity index (χ2n) is 6.84. The molecule has 0 bridgehead atoms. The normalized spacial score (nSPS) is 32.8. The summed E-state index contributed by atoms with van der Waals surface area (Å²) < 4.78 is 5.62. The maximum atomic E-state index is 5.62. The number of likely N-dealkylation sites (tertiary alicyclic amines) is 1. The number of hydrogen-bond acceptors (Lipinski definition) is 4. The molecule has 2 saturated heterocycles. The average Bonchev–Trinajstić information content (AvgIpc) is 3.08. The van der Waals surface area contributed by atoms with Crippen LogP contribution in [0.1, 0.15) is 48.5 Å². The van der Waals surface area contributed by atoms with Crippen LogP contribution in [-0.2, 0) is 11.2 Å². The Balaban J connectivity index is 1.34. The Morgan fingerprint density at radius 3 is 3.18 bits per heavy atom. The minimum Gasteiger partial charge on any atom is -0.381 e. The highest BCUT2D eigenvalue weighted by molar-refractivity contribution is 8.00. The molecule has 3 atom stereocenters. The van der Waals surface area contributed by atoms with Crippen LogP contribution in [0.25, 0.3) is 0 Å². The van der Waals surface area contributed by atoms with Crippen molar-refractivity contribution in [2.24, 2.45) is 0 Å². The van der Waals surface area contributed by atoms with Gasteiger partial charge in [-0.15, -0.1) is 11.8 Å². The number of ether oxygens (including phenoxy) is 1. The third-order valence-electron chi connectivity index (χ3n) is 5.44. The van der Waals surface area contributed by atoms with Gasteiger partial charge in [-0.25, -0.2) is 0 Å². The summed E-state index contributed by atoms with van der Waals surface area (Å²) in [7, 11) is 0. The molecular weight excluding hydrogens is 292 g/mol. The molecule has 4 rings (SSSR count). The molecule has 0 radical (unpaired) electrons. The van der Waals surface area contributed by atoms with Crippen molar-refractivity contribution in [2.45, 2.75) is 55.1 Å². The van der Waals surface area contributed by atoms with Crippen molar-refractivity contribution in [1.29, 1.82) is 0 Å². The first-order valence-electron chi connectivity index (χ1n) is 8.80. The Morgan fingerprint density at radius 1 is 1.18 bits per heavy atom. The third kappa shape index (κ3) is 3.19. The van der Waals surface area contributed by atoms with Crippen molar-refractivity contribution in [3.05, 3.63) is 29.6 Å². The van der Waals surface area contributed by atoms with Gasteiger partial charge in [0.2, 0.25) is 0 Å². The SMILES string of the molecule is c1cc2c(cn1)C(S[C@@H]1CCN(C3CCCOCC3)C1)CC2. The number of nitrogens with zero attached hydrogens (tertiary/aromatic N) is 2. The first kappa shape index (κ1) is 15.0. The van der Waals surface area contributed by atoms with Crippen LogP contribution >= 0.6 is 11.8 Å². The minimum absolute atomic E-state index is 0.686. The van der Waals surface area contributed by atoms with Gasteiger partial charge < -0.3 is 4.74 Å². The molecule has 2 fully saturated rings. The predicted octanol–water partition coefficient (Wildman–Crippen LogP) is 3.45. The van der Waals surface area contributed by atoms with Crippen LogP contribution in [0.2, 0.25) is 0 Å². The van der Waals surface area contributed by atoms with Crippen LogP contribution in [0.4, 0.5) is 0 Å². The van der Waals surface area contributed by atoms with E-state index in [2.05, 4.69) is 33.9 Å². The third-order valence-corrected chi connectivity index (χ3v) is 7.03. The maximum absolute atomic E-state index is 5.62. The van der Waals surface area contributed by atoms with Gasteiger partial charge in [0.05, 0.1) is 0 Å². The minimum atomic E-state index is 0.686. The summed E-state index contributed by atoms with van der Waals surface area (Å²) in [6.45, 7) is 4.49. The van der Waals surface area contributed by atoms with Gasteiger partial charge in [-0.1, -0.05) is 0 Å². The van der Waals surface area contributed by atoms with E-state index in [-0.39, 0.29) is 0 Å². The Morgan fingerprint density at radius 2 is 2.18 bits per heavy atom. The molecular formula is C18H26N2OS. The second-order valence-corrected chi connectivity index (χ2v) is 8.35. The number of hydrogen-bond donors (Lipinski definition) is 0. The Hall–Kier alpha value is -0.580. The molecule has 3 heterocycles. The molecule has 1 aromatic heterocycles. The van der Waals surface area contributed by atoms with Gasteiger partial charge in [-0.05, 0) is 62.3 Å². The van der Waals surface area contributed by atoms with E-state index in [1.54, 1.807) is 0 Å². The number of pyridine rings is 1. The molecule has 3 aliphatic rings. The highest BCUT2D eigenvalue weighted by Crippen LogP contribution is 2.44. The average molecular weight is 318 g/mol. The van der Waals surface area contributed by atoms with E-state index in [0.717, 1.165) is 24.5 Å². The summed E-state index contributed by atoms with van der Waals surface area (Å²) in [6, 6.07) is 2.98. The molecule has 0 amide bonds. The fourth-order valence-corrected chi connectivity index (χ4v) is 5.81. The van der Waals surface area contributed by atoms with Crippen molar-refractivity contribution < 1.29 is 4.74 Å². The molecule has 0 saturated carbocycles. The van der Waals surface area contributed by atoms with E-state index >= 15 is 0 Å². The van der Waals surface area contributed by atoms with Crippen molar-refractivity contribution in [3.8, 4) is 0 Å². The van der Waals surface area contributed by atoms with Gasteiger partial charge in [0.1, 0.15) is 0 Å². The fraction of sp³-hybridized carbons (Fsp3) is 0.722. The van der Waals surface area contributed by atoms with Gasteiger partial charge in [0.25, 0.3) is 0 Å². The number of rotatable bonds is 3. The lowest BCUT2D eigenvalue weighted by molar-refractivity contribution is 0.134. The highest BCUT2D eigenvalue weighted by atomic mass is 32.2. The zero-order valence-corrected chi connectivity index (χ0v) is 14.1. The molecule has 0 aromatic carbocycles. The first-order valence-corrected chi connectivity index (χ1v) is 9.74. The zero-order chi connectivity index (χ0) is 14.8. The lowest BCUT2D eigenvalue weighted by Gasteiger charge is -2.26. The van der Waals surface area contributed by atoms with Crippen LogP contribution < -0.4 is 0 Å². The molecule has 120 valence electrons. The molecule has 0 N–H and O–H groups in total. The zero-order valence-electron chi connectivity index (χ0n) is 13.2. The Labute approximate surface area is 137 Å². The molecule has 1 aromatic rings. The molecule has 2 aliphatic heterocycles. The van der Waals surface area contributed by atoms with Gasteiger partial charge >= 0.3 is 0 Å². The molecule has 0 spiro atoms. The Kier molecular flexibility index (Phi) is 4.69. The van der Waals surface area contributed by atoms with Gasteiger partial charge in [0.15, 0.2) is 0 Å². The van der Waals surface area contributed by atoms with Crippen LogP contribution in [-0.4, -0.2) is 47.5 Å². The van der Waals surface area contributed by atoms with E-state index in [1.165, 1.54) is 62.7 Å². The van der Waals surface area contributed by atoms with Crippen LogP contribution in [0, 0.1) is 0 Å². The number of aromatic nitrogens is 1. The monoisotopic (exact) mass is 318 g/mol. The Bertz CT molecular complexity index is 502. The lowest BCUT2D eigenvalue weighted by atomic mass is 10.1. The van der Waals surface area contributed by atoms with Crippen LogP contribution in [0.15, 0.2) is 18.5 Å². The number of aryl methyl sites for hydroxylation is 1. The predicted molar refractivity (Wildman–Crippen MR) is 91.3 cm³/mol. The van der Waals surface area contributed by atoms with E-state index in [0.29, 0.717) is 5.25 Å². The van der Waals surface area contributed by atoms with Crippen molar-refractivity contribution in [1.82, 2.24) is 9.88 Å². The molecule has 4 heteroatoms. The van der Waals surface area contributed by atoms with Crippen molar-refractivity contribution in [2.75, 3.05) is 26.3 Å². The topological polar surface area (TPSA) is 25.4 Å². The number of fused-ring (bicyclic) bond motifs is 1. The standard InChI is InChI=1S/C18H26N2OS/c1-2-15(7-11-21-10-1)20-9-6-16(13-20)22-18-4-3-14-5-8-19-12-17(14)18/h5,8,12,15-16,18H,1-4,6-7,9-11,13H2/t15?,16-,18?/m1/s1. The van der Waals surface area contributed by atoms with Crippen molar-refractivity contribution in [3.63, 3.8) is 0 Å². The second kappa shape index (κ2) is 6.90. The summed E-state index contributed by atoms with van der Waals surface area (Å²) in [5.74, 6) is 0. The summed E-state index contributed by atoms with van der Waals surface area (Å²) in [6.07, 6.45) is 11.7. The number of thioether (sulfide) groups is 1.